The van der Waals surface area contributed by atoms with E-state index in [1.54, 1.807) is 6.07 Å². The van der Waals surface area contributed by atoms with E-state index in [2.05, 4.69) is 15.0 Å². The van der Waals surface area contributed by atoms with Gasteiger partial charge in [0.2, 0.25) is 0 Å². The summed E-state index contributed by atoms with van der Waals surface area (Å²) in [4.78, 5) is 22.2. The molecule has 0 atom stereocenters. The van der Waals surface area contributed by atoms with Crippen LogP contribution in [-0.2, 0) is 16.2 Å². The van der Waals surface area contributed by atoms with E-state index in [0.717, 1.165) is 30.9 Å². The molecular formula is C30H37ClFN3O5. The van der Waals surface area contributed by atoms with Gasteiger partial charge >= 0.3 is 5.97 Å². The fourth-order valence-corrected chi connectivity index (χ4v) is 6.39. The first-order chi connectivity index (χ1) is 19.2. The highest BCUT2D eigenvalue weighted by Crippen LogP contribution is 2.44. The highest BCUT2D eigenvalue weighted by atomic mass is 35.5. The smallest absolute Gasteiger partial charge is 0.309 e. The number of oxime groups is 1. The molecule has 0 amide bonds. The van der Waals surface area contributed by atoms with E-state index < -0.39 is 17.2 Å². The van der Waals surface area contributed by atoms with Gasteiger partial charge in [-0.2, -0.15) is 0 Å². The molecule has 3 aliphatic heterocycles. The topological polar surface area (TPSA) is 83.8 Å². The van der Waals surface area contributed by atoms with Gasteiger partial charge in [-0.25, -0.2) is 4.39 Å². The van der Waals surface area contributed by atoms with Gasteiger partial charge in [-0.05, 0) is 69.0 Å². The molecule has 3 aliphatic rings. The molecule has 0 saturated carbocycles. The third-order valence-corrected chi connectivity index (χ3v) is 8.71. The summed E-state index contributed by atoms with van der Waals surface area (Å²) in [5.74, 6) is 1.12. The van der Waals surface area contributed by atoms with Gasteiger partial charge in [0.1, 0.15) is 23.2 Å². The molecule has 3 heterocycles. The van der Waals surface area contributed by atoms with Gasteiger partial charge < -0.3 is 24.3 Å². The summed E-state index contributed by atoms with van der Waals surface area (Å²) < 4.78 is 25.8. The number of benzene rings is 2. The largest absolute Gasteiger partial charge is 0.493 e. The van der Waals surface area contributed by atoms with Gasteiger partial charge in [0.15, 0.2) is 5.60 Å². The summed E-state index contributed by atoms with van der Waals surface area (Å²) in [5.41, 5.74) is 1.44. The van der Waals surface area contributed by atoms with Crippen molar-refractivity contribution in [1.29, 1.82) is 0 Å². The molecule has 40 heavy (non-hydrogen) atoms. The summed E-state index contributed by atoms with van der Waals surface area (Å²) in [6.45, 7) is 10.3. The summed E-state index contributed by atoms with van der Waals surface area (Å²) >= 11 is 6.42. The highest BCUT2D eigenvalue weighted by molar-refractivity contribution is 6.33. The van der Waals surface area contributed by atoms with Crippen LogP contribution in [0.15, 0.2) is 35.5 Å². The second-order valence-electron chi connectivity index (χ2n) is 11.0. The summed E-state index contributed by atoms with van der Waals surface area (Å²) in [5, 5.41) is 14.4. The molecule has 216 valence electrons. The summed E-state index contributed by atoms with van der Waals surface area (Å²) in [7, 11) is 0. The molecule has 0 unspecified atom stereocenters. The Balaban J connectivity index is 1.25. The maximum Gasteiger partial charge on any atom is 0.309 e. The van der Waals surface area contributed by atoms with Crippen LogP contribution in [0.4, 0.5) is 4.39 Å². The van der Waals surface area contributed by atoms with Crippen LogP contribution in [0.3, 0.4) is 0 Å². The normalized spacial score (nSPS) is 19.6. The van der Waals surface area contributed by atoms with Gasteiger partial charge in [-0.3, -0.25) is 9.69 Å². The Kier molecular flexibility index (Phi) is 8.15. The fraction of sp³-hybridized carbons (Fsp3) is 0.533. The zero-order chi connectivity index (χ0) is 28.5. The van der Waals surface area contributed by atoms with Crippen LogP contribution in [0.25, 0.3) is 11.1 Å². The molecule has 2 fully saturated rings. The van der Waals surface area contributed by atoms with Gasteiger partial charge in [0, 0.05) is 38.3 Å². The van der Waals surface area contributed by atoms with Crippen LogP contribution >= 0.6 is 11.6 Å². The van der Waals surface area contributed by atoms with Crippen molar-refractivity contribution < 1.29 is 28.6 Å². The third-order valence-electron chi connectivity index (χ3n) is 8.40. The lowest BCUT2D eigenvalue weighted by atomic mass is 9.76. The predicted molar refractivity (Wildman–Crippen MR) is 151 cm³/mol. The Morgan fingerprint density at radius 3 is 2.30 bits per heavy atom. The van der Waals surface area contributed by atoms with Crippen LogP contribution in [0.2, 0.25) is 5.02 Å². The molecule has 2 saturated heterocycles. The Labute approximate surface area is 239 Å². The predicted octanol–water partition coefficient (Wildman–Crippen LogP) is 5.81. The number of carbonyl (C=O) groups is 1. The number of carboxylic acids is 1. The molecule has 10 heteroatoms. The third kappa shape index (κ3) is 5.46. The first kappa shape index (κ1) is 28.5. The van der Waals surface area contributed by atoms with Crippen molar-refractivity contribution in [3.63, 3.8) is 0 Å². The molecule has 0 radical (unpaired) electrons. The van der Waals surface area contributed by atoms with Crippen molar-refractivity contribution in [1.82, 2.24) is 9.80 Å². The lowest BCUT2D eigenvalue weighted by Crippen LogP contribution is -2.61. The van der Waals surface area contributed by atoms with Crippen LogP contribution in [0, 0.1) is 11.2 Å². The van der Waals surface area contributed by atoms with E-state index >= 15 is 0 Å². The number of carboxylic acid groups (broad SMARTS) is 1. The minimum Gasteiger partial charge on any atom is -0.493 e. The molecule has 0 bridgehead atoms. The molecule has 5 rings (SSSR count). The lowest BCUT2D eigenvalue weighted by molar-refractivity contribution is -0.151. The number of piperidine rings is 1. The number of nitrogens with zero attached hydrogens (tertiary/aromatic N) is 3. The molecule has 0 aromatic heterocycles. The fourth-order valence-electron chi connectivity index (χ4n) is 6.12. The van der Waals surface area contributed by atoms with Gasteiger partial charge in [-0.15, -0.1) is 0 Å². The van der Waals surface area contributed by atoms with Crippen molar-refractivity contribution in [3.05, 3.63) is 46.7 Å². The number of rotatable bonds is 9. The average molecular weight is 574 g/mol. The first-order valence-electron chi connectivity index (χ1n) is 14.0. The van der Waals surface area contributed by atoms with E-state index in [-0.39, 0.29) is 5.60 Å². The number of hydrogen-bond donors (Lipinski definition) is 1. The maximum absolute atomic E-state index is 13.7. The molecule has 2 aromatic carbocycles. The van der Waals surface area contributed by atoms with E-state index in [1.165, 1.54) is 12.1 Å². The molecule has 1 N–H and O–H groups in total. The van der Waals surface area contributed by atoms with Gasteiger partial charge in [0.05, 0.1) is 35.6 Å². The van der Waals surface area contributed by atoms with Crippen molar-refractivity contribution in [2.24, 2.45) is 10.6 Å². The maximum atomic E-state index is 13.7. The molecule has 2 aromatic rings. The second kappa shape index (κ2) is 11.4. The minimum atomic E-state index is -0.695. The molecule has 8 nitrogen and oxygen atoms in total. The van der Waals surface area contributed by atoms with E-state index in [1.807, 2.05) is 32.9 Å². The monoisotopic (exact) mass is 573 g/mol. The quantitative estimate of drug-likeness (QED) is 0.405. The SMILES string of the molecule is CCOc1cc(CN2CC3(CC(N4CCC(CC)(C(=O)O)CC4)=NO3)C2)cc(OCC)c1-c1ccc(F)cc1Cl. The molecule has 0 aliphatic carbocycles. The van der Waals surface area contributed by atoms with Crippen molar-refractivity contribution >= 4 is 23.4 Å². The zero-order valence-corrected chi connectivity index (χ0v) is 24.1. The Bertz CT molecular complexity index is 1260. The van der Waals surface area contributed by atoms with Crippen molar-refractivity contribution in [2.45, 2.75) is 58.6 Å². The standard InChI is InChI=1S/C30H37ClFN3O5/c1-4-29(28(36)37)9-11-35(12-10-29)26-16-30(40-33-26)18-34(19-30)17-20-13-24(38-5-2)27(25(14-20)39-6-3)22-8-7-21(32)15-23(22)31/h7-8,13-15H,4-6,9-12,16-19H2,1-3H3,(H,36,37). The van der Waals surface area contributed by atoms with Gasteiger partial charge in [-0.1, -0.05) is 23.7 Å². The number of ether oxygens (including phenoxy) is 2. The van der Waals surface area contributed by atoms with E-state index in [0.29, 0.717) is 79.8 Å². The molecule has 1 spiro atoms. The van der Waals surface area contributed by atoms with Crippen molar-refractivity contribution in [3.8, 4) is 22.6 Å². The van der Waals surface area contributed by atoms with Gasteiger partial charge in [0.25, 0.3) is 0 Å². The van der Waals surface area contributed by atoms with Crippen LogP contribution in [0.1, 0.15) is 52.0 Å². The summed E-state index contributed by atoms with van der Waals surface area (Å²) in [6.07, 6.45) is 2.62. The second-order valence-corrected chi connectivity index (χ2v) is 11.4. The Hall–Kier alpha value is -3.04. The Morgan fingerprint density at radius 2 is 1.75 bits per heavy atom. The minimum absolute atomic E-state index is 0.297. The first-order valence-corrected chi connectivity index (χ1v) is 14.4. The number of amidine groups is 1. The number of likely N-dealkylation sites (tertiary alicyclic amines) is 2. The Morgan fingerprint density at radius 1 is 1.10 bits per heavy atom. The van der Waals surface area contributed by atoms with Crippen LogP contribution in [0.5, 0.6) is 11.5 Å². The number of halogens is 2. The summed E-state index contributed by atoms with van der Waals surface area (Å²) in [6, 6.07) is 8.33. The highest BCUT2D eigenvalue weighted by Gasteiger charge is 2.51. The van der Waals surface area contributed by atoms with Crippen LogP contribution < -0.4 is 9.47 Å². The average Bonchev–Trinajstić information content (AvgIpc) is 3.35. The van der Waals surface area contributed by atoms with Crippen molar-refractivity contribution in [2.75, 3.05) is 39.4 Å². The van der Waals surface area contributed by atoms with E-state index in [9.17, 15) is 14.3 Å². The van der Waals surface area contributed by atoms with Crippen LogP contribution in [-0.4, -0.2) is 71.7 Å². The lowest BCUT2D eigenvalue weighted by Gasteiger charge is -2.46. The molecular weight excluding hydrogens is 537 g/mol. The number of hydrogen-bond acceptors (Lipinski definition) is 7. The van der Waals surface area contributed by atoms with E-state index in [4.69, 9.17) is 25.9 Å². The number of aliphatic carboxylic acids is 1. The zero-order valence-electron chi connectivity index (χ0n) is 23.3.